The minimum absolute atomic E-state index is 0. The third-order valence-corrected chi connectivity index (χ3v) is 3.71. The fourth-order valence-corrected chi connectivity index (χ4v) is 2.01. The molecule has 0 saturated heterocycles. The van der Waals surface area contributed by atoms with Crippen molar-refractivity contribution >= 4 is 35.8 Å². The van der Waals surface area contributed by atoms with E-state index in [0.29, 0.717) is 19.0 Å². The molecule has 1 amide bonds. The number of nitrogens with one attached hydrogen (secondary N) is 2. The van der Waals surface area contributed by atoms with Crippen LogP contribution in [0.2, 0.25) is 0 Å². The highest BCUT2D eigenvalue weighted by Crippen LogP contribution is 2.17. The summed E-state index contributed by atoms with van der Waals surface area (Å²) in [5.74, 6) is 1.17. The number of guanidine groups is 1. The molecule has 24 heavy (non-hydrogen) atoms. The molecule has 4 N–H and O–H groups in total. The van der Waals surface area contributed by atoms with Gasteiger partial charge >= 0.3 is 0 Å². The number of aromatic nitrogens is 1. The van der Waals surface area contributed by atoms with Crippen LogP contribution in [0.3, 0.4) is 0 Å². The Bertz CT molecular complexity index is 533. The van der Waals surface area contributed by atoms with Gasteiger partial charge in [0.05, 0.1) is 17.7 Å². The molecule has 0 unspecified atom stereocenters. The van der Waals surface area contributed by atoms with Crippen LogP contribution in [0.25, 0.3) is 0 Å². The molecule has 1 heterocycles. The molecule has 0 saturated carbocycles. The van der Waals surface area contributed by atoms with E-state index in [2.05, 4.69) is 20.8 Å². The predicted molar refractivity (Wildman–Crippen MR) is 106 cm³/mol. The van der Waals surface area contributed by atoms with E-state index in [1.54, 1.807) is 13.8 Å². The van der Waals surface area contributed by atoms with E-state index >= 15 is 0 Å². The average Bonchev–Trinajstić information content (AvgIpc) is 2.91. The molecule has 7 nitrogen and oxygen atoms in total. The summed E-state index contributed by atoms with van der Waals surface area (Å²) in [5, 5.41) is 10.4. The number of primary amides is 1. The zero-order chi connectivity index (χ0) is 17.5. The number of carbonyl (C=O) groups excluding carboxylic acids is 1. The van der Waals surface area contributed by atoms with Crippen LogP contribution in [0.4, 0.5) is 0 Å². The molecule has 0 spiro atoms. The first kappa shape index (κ1) is 22.7. The second-order valence-corrected chi connectivity index (χ2v) is 6.03. The summed E-state index contributed by atoms with van der Waals surface area (Å²) < 4.78 is 5.35. The van der Waals surface area contributed by atoms with Crippen molar-refractivity contribution in [3.05, 3.63) is 17.0 Å². The first-order valence-corrected chi connectivity index (χ1v) is 8.14. The molecular weight excluding hydrogens is 421 g/mol. The normalized spacial score (nSPS) is 11.8. The van der Waals surface area contributed by atoms with Gasteiger partial charge in [0.2, 0.25) is 5.91 Å². The van der Waals surface area contributed by atoms with Gasteiger partial charge in [-0.05, 0) is 27.2 Å². The van der Waals surface area contributed by atoms with Gasteiger partial charge in [0.1, 0.15) is 5.76 Å². The molecule has 1 aromatic heterocycles. The zero-order valence-electron chi connectivity index (χ0n) is 15.2. The summed E-state index contributed by atoms with van der Waals surface area (Å²) in [5.41, 5.74) is 6.74. The van der Waals surface area contributed by atoms with Crippen LogP contribution >= 0.6 is 24.0 Å². The topological polar surface area (TPSA) is 106 Å². The average molecular weight is 451 g/mol. The van der Waals surface area contributed by atoms with E-state index in [9.17, 15) is 4.79 Å². The number of aryl methyl sites for hydroxylation is 2. The SMILES string of the molecule is CCNC(=NCc1c(CC)noc1CC)NCC(C)(C)C(N)=O.I. The van der Waals surface area contributed by atoms with Crippen molar-refractivity contribution in [3.63, 3.8) is 0 Å². The fourth-order valence-electron chi connectivity index (χ4n) is 2.01. The van der Waals surface area contributed by atoms with Gasteiger partial charge in [-0.2, -0.15) is 0 Å². The highest BCUT2D eigenvalue weighted by molar-refractivity contribution is 14.0. The maximum absolute atomic E-state index is 11.4. The lowest BCUT2D eigenvalue weighted by Gasteiger charge is -2.22. The molecule has 0 aliphatic rings. The number of carbonyl (C=O) groups is 1. The Balaban J connectivity index is 0.00000529. The number of nitrogens with zero attached hydrogens (tertiary/aromatic N) is 2. The first-order chi connectivity index (χ1) is 10.9. The number of rotatable bonds is 8. The van der Waals surface area contributed by atoms with Crippen LogP contribution < -0.4 is 16.4 Å². The third-order valence-electron chi connectivity index (χ3n) is 3.71. The van der Waals surface area contributed by atoms with Gasteiger partial charge < -0.3 is 20.9 Å². The van der Waals surface area contributed by atoms with E-state index < -0.39 is 5.41 Å². The summed E-state index contributed by atoms with van der Waals surface area (Å²) in [7, 11) is 0. The van der Waals surface area contributed by atoms with E-state index in [1.807, 2.05) is 20.8 Å². The summed E-state index contributed by atoms with van der Waals surface area (Å²) >= 11 is 0. The molecule has 8 heteroatoms. The lowest BCUT2D eigenvalue weighted by Crippen LogP contribution is -2.46. The second-order valence-electron chi connectivity index (χ2n) is 6.03. The Morgan fingerprint density at radius 1 is 1.25 bits per heavy atom. The highest BCUT2D eigenvalue weighted by atomic mass is 127. The van der Waals surface area contributed by atoms with Crippen molar-refractivity contribution < 1.29 is 9.32 Å². The standard InChI is InChI=1S/C16H29N5O2.HI/c1-6-12-11(13(7-2)23-21-12)9-19-15(18-8-3)20-10-16(4,5)14(17)22;/h6-10H2,1-5H3,(H2,17,22)(H2,18,19,20);1H. The van der Waals surface area contributed by atoms with Crippen LogP contribution in [-0.2, 0) is 24.2 Å². The lowest BCUT2D eigenvalue weighted by atomic mass is 9.93. The van der Waals surface area contributed by atoms with Gasteiger partial charge in [-0.15, -0.1) is 24.0 Å². The van der Waals surface area contributed by atoms with E-state index in [4.69, 9.17) is 10.3 Å². The van der Waals surface area contributed by atoms with Gasteiger partial charge in [-0.3, -0.25) is 4.79 Å². The molecule has 0 fully saturated rings. The number of hydrogen-bond acceptors (Lipinski definition) is 4. The maximum atomic E-state index is 11.4. The van der Waals surface area contributed by atoms with Crippen molar-refractivity contribution in [2.45, 2.75) is 54.0 Å². The second kappa shape index (κ2) is 10.5. The maximum Gasteiger partial charge on any atom is 0.224 e. The minimum Gasteiger partial charge on any atom is -0.369 e. The summed E-state index contributed by atoms with van der Waals surface area (Å²) in [4.78, 5) is 16.0. The van der Waals surface area contributed by atoms with Crippen molar-refractivity contribution in [3.8, 4) is 0 Å². The lowest BCUT2D eigenvalue weighted by molar-refractivity contribution is -0.125. The smallest absolute Gasteiger partial charge is 0.224 e. The summed E-state index contributed by atoms with van der Waals surface area (Å²) in [6, 6.07) is 0. The molecule has 138 valence electrons. The minimum atomic E-state index is -0.642. The predicted octanol–water partition coefficient (Wildman–Crippen LogP) is 1.98. The highest BCUT2D eigenvalue weighted by Gasteiger charge is 2.25. The molecule has 1 rings (SSSR count). The Morgan fingerprint density at radius 3 is 2.42 bits per heavy atom. The van der Waals surface area contributed by atoms with Crippen LogP contribution in [0.15, 0.2) is 9.52 Å². The van der Waals surface area contributed by atoms with Crippen LogP contribution in [-0.4, -0.2) is 30.1 Å². The van der Waals surface area contributed by atoms with E-state index in [1.165, 1.54) is 0 Å². The summed E-state index contributed by atoms with van der Waals surface area (Å²) in [6.07, 6.45) is 1.60. The van der Waals surface area contributed by atoms with Crippen LogP contribution in [0, 0.1) is 5.41 Å². The summed E-state index contributed by atoms with van der Waals surface area (Å²) in [6.45, 7) is 11.3. The number of aliphatic imine (C=N–C) groups is 1. The molecular formula is C16H30IN5O2. The van der Waals surface area contributed by atoms with E-state index in [0.717, 1.165) is 36.4 Å². The van der Waals surface area contributed by atoms with Gasteiger partial charge in [0.25, 0.3) is 0 Å². The Labute approximate surface area is 161 Å². The number of amides is 1. The van der Waals surface area contributed by atoms with Crippen LogP contribution in [0.5, 0.6) is 0 Å². The van der Waals surface area contributed by atoms with E-state index in [-0.39, 0.29) is 29.9 Å². The fraction of sp³-hybridized carbons (Fsp3) is 0.688. The van der Waals surface area contributed by atoms with Crippen molar-refractivity contribution in [1.82, 2.24) is 15.8 Å². The number of halogens is 1. The zero-order valence-corrected chi connectivity index (χ0v) is 17.6. The van der Waals surface area contributed by atoms with Crippen molar-refractivity contribution in [2.24, 2.45) is 16.1 Å². The molecule has 0 aliphatic heterocycles. The van der Waals surface area contributed by atoms with Crippen molar-refractivity contribution in [2.75, 3.05) is 13.1 Å². The molecule has 0 atom stereocenters. The van der Waals surface area contributed by atoms with Crippen LogP contribution in [0.1, 0.15) is 51.6 Å². The van der Waals surface area contributed by atoms with Gasteiger partial charge in [-0.1, -0.05) is 19.0 Å². The van der Waals surface area contributed by atoms with Gasteiger partial charge in [0.15, 0.2) is 5.96 Å². The van der Waals surface area contributed by atoms with Gasteiger partial charge in [0, 0.05) is 25.1 Å². The largest absolute Gasteiger partial charge is 0.369 e. The van der Waals surface area contributed by atoms with Crippen molar-refractivity contribution in [1.29, 1.82) is 0 Å². The third kappa shape index (κ3) is 6.29. The monoisotopic (exact) mass is 451 g/mol. The molecule has 0 aliphatic carbocycles. The molecule has 0 bridgehead atoms. The molecule has 1 aromatic rings. The Morgan fingerprint density at radius 2 is 1.92 bits per heavy atom. The number of nitrogens with two attached hydrogens (primary N) is 1. The number of hydrogen-bond donors (Lipinski definition) is 3. The Kier molecular flexibility index (Phi) is 9.95. The molecule has 0 aromatic carbocycles. The first-order valence-electron chi connectivity index (χ1n) is 8.14. The van der Waals surface area contributed by atoms with Gasteiger partial charge in [-0.25, -0.2) is 4.99 Å². The Hall–Kier alpha value is -1.32. The molecule has 0 radical (unpaired) electrons. The quantitative estimate of drug-likeness (QED) is 0.319.